The fraction of sp³-hybridized carbons (Fsp3) is 1.00. The van der Waals surface area contributed by atoms with Gasteiger partial charge < -0.3 is 28.5 Å². The summed E-state index contributed by atoms with van der Waals surface area (Å²) in [7, 11) is 6.81. The molecule has 0 aliphatic carbocycles. The van der Waals surface area contributed by atoms with Crippen molar-refractivity contribution in [2.75, 3.05) is 21.1 Å². The van der Waals surface area contributed by atoms with Gasteiger partial charge in [-0.2, -0.15) is 0 Å². The molecule has 0 atom stereocenters. The predicted octanol–water partition coefficient (Wildman–Crippen LogP) is -0.0886. The Morgan fingerprint density at radius 3 is 1.23 bits per heavy atom. The van der Waals surface area contributed by atoms with E-state index in [1.54, 1.807) is 0 Å². The third-order valence-corrected chi connectivity index (χ3v) is 2.78. The van der Waals surface area contributed by atoms with Crippen LogP contribution in [0.3, 0.4) is 0 Å². The number of quaternary nitrogens is 1. The van der Waals surface area contributed by atoms with E-state index in [9.17, 15) is 0 Å². The van der Waals surface area contributed by atoms with E-state index in [2.05, 4.69) is 55.8 Å². The predicted molar refractivity (Wildman–Crippen MR) is 56.2 cm³/mol. The molecule has 0 rings (SSSR count). The van der Waals surface area contributed by atoms with E-state index in [-0.39, 0.29) is 24.0 Å². The van der Waals surface area contributed by atoms with Crippen molar-refractivity contribution in [1.29, 1.82) is 0 Å². The summed E-state index contributed by atoms with van der Waals surface area (Å²) < 4.78 is 1.03. The van der Waals surface area contributed by atoms with Crippen LogP contribution in [-0.4, -0.2) is 31.2 Å². The first kappa shape index (κ1) is 16.1. The third kappa shape index (κ3) is 5.89. The standard InChI is InChI=1S/C11H26N.HI/c1-10(2,3)9-11(4,5)12(6,7)8;/h9H2,1-8H3;1H/q+1;/p-1. The molecule has 0 saturated carbocycles. The zero-order chi connectivity index (χ0) is 10.2. The van der Waals surface area contributed by atoms with E-state index in [1.807, 2.05) is 0 Å². The summed E-state index contributed by atoms with van der Waals surface area (Å²) >= 11 is 0. The summed E-state index contributed by atoms with van der Waals surface area (Å²) in [5.74, 6) is 0. The highest BCUT2D eigenvalue weighted by molar-refractivity contribution is 4.76. The Morgan fingerprint density at radius 2 is 1.15 bits per heavy atom. The van der Waals surface area contributed by atoms with Crippen molar-refractivity contribution in [3.05, 3.63) is 0 Å². The lowest BCUT2D eigenvalue weighted by Gasteiger charge is -2.44. The van der Waals surface area contributed by atoms with E-state index in [1.165, 1.54) is 6.42 Å². The summed E-state index contributed by atoms with van der Waals surface area (Å²) in [4.78, 5) is 0. The molecule has 0 saturated heterocycles. The van der Waals surface area contributed by atoms with Crippen LogP contribution in [0.15, 0.2) is 0 Å². The first-order valence-electron chi connectivity index (χ1n) is 4.77. The van der Waals surface area contributed by atoms with Crippen LogP contribution >= 0.6 is 0 Å². The molecule has 0 N–H and O–H groups in total. The molecule has 0 bridgehead atoms. The van der Waals surface area contributed by atoms with Gasteiger partial charge in [0, 0.05) is 6.42 Å². The van der Waals surface area contributed by atoms with E-state index in [4.69, 9.17) is 0 Å². The average Bonchev–Trinajstić information content (AvgIpc) is 1.52. The maximum absolute atomic E-state index is 2.35. The molecule has 0 unspecified atom stereocenters. The van der Waals surface area contributed by atoms with Gasteiger partial charge in [0.15, 0.2) is 0 Å². The van der Waals surface area contributed by atoms with Crippen LogP contribution in [0.4, 0.5) is 0 Å². The monoisotopic (exact) mass is 299 g/mol. The zero-order valence-electron chi connectivity index (χ0n) is 10.5. The molecule has 0 spiro atoms. The van der Waals surface area contributed by atoms with Crippen molar-refractivity contribution in [3.63, 3.8) is 0 Å². The van der Waals surface area contributed by atoms with Gasteiger partial charge in [-0.05, 0) is 19.3 Å². The lowest BCUT2D eigenvalue weighted by Crippen LogP contribution is -3.00. The summed E-state index contributed by atoms with van der Waals surface area (Å²) in [5.41, 5.74) is 0.785. The molecule has 0 aliphatic heterocycles. The Balaban J connectivity index is 0. The van der Waals surface area contributed by atoms with Gasteiger partial charge in [-0.1, -0.05) is 20.8 Å². The first-order chi connectivity index (χ1) is 4.96. The Hall–Kier alpha value is 0.690. The summed E-state index contributed by atoms with van der Waals surface area (Å²) in [6, 6.07) is 0. The van der Waals surface area contributed by atoms with E-state index in [0.717, 1.165) is 4.48 Å². The van der Waals surface area contributed by atoms with E-state index >= 15 is 0 Å². The van der Waals surface area contributed by atoms with E-state index < -0.39 is 0 Å². The highest BCUT2D eigenvalue weighted by atomic mass is 127. The molecule has 0 radical (unpaired) electrons. The van der Waals surface area contributed by atoms with Crippen molar-refractivity contribution in [1.82, 2.24) is 0 Å². The Bertz CT molecular complexity index is 148. The second-order valence-corrected chi connectivity index (χ2v) is 6.56. The summed E-state index contributed by atoms with van der Waals surface area (Å²) in [5, 5.41) is 0. The highest BCUT2D eigenvalue weighted by Crippen LogP contribution is 2.32. The molecule has 0 heterocycles. The quantitative estimate of drug-likeness (QED) is 0.494. The number of hydrogen-bond acceptors (Lipinski definition) is 0. The number of rotatable bonds is 2. The number of halogens is 1. The molecule has 0 aromatic carbocycles. The van der Waals surface area contributed by atoms with Gasteiger partial charge in [0.25, 0.3) is 0 Å². The molecule has 82 valence electrons. The van der Waals surface area contributed by atoms with Crippen molar-refractivity contribution >= 4 is 0 Å². The van der Waals surface area contributed by atoms with Crippen LogP contribution < -0.4 is 24.0 Å². The normalized spacial score (nSPS) is 13.8. The van der Waals surface area contributed by atoms with Crippen molar-refractivity contribution in [3.8, 4) is 0 Å². The van der Waals surface area contributed by atoms with Gasteiger partial charge in [0.05, 0.1) is 26.7 Å². The minimum Gasteiger partial charge on any atom is -1.00 e. The average molecular weight is 299 g/mol. The maximum atomic E-state index is 2.35. The first-order valence-corrected chi connectivity index (χ1v) is 4.77. The molecule has 0 amide bonds. The van der Waals surface area contributed by atoms with Gasteiger partial charge in [-0.15, -0.1) is 0 Å². The van der Waals surface area contributed by atoms with Crippen LogP contribution in [0.1, 0.15) is 41.0 Å². The van der Waals surface area contributed by atoms with Gasteiger partial charge in [0.1, 0.15) is 0 Å². The lowest BCUT2D eigenvalue weighted by atomic mass is 9.80. The van der Waals surface area contributed by atoms with Gasteiger partial charge in [0.2, 0.25) is 0 Å². The minimum atomic E-state index is 0. The largest absolute Gasteiger partial charge is 1.00 e. The van der Waals surface area contributed by atoms with E-state index in [0.29, 0.717) is 11.0 Å². The Kier molecular flexibility index (Phi) is 5.55. The Labute approximate surface area is 102 Å². The molecule has 0 aromatic heterocycles. The maximum Gasteiger partial charge on any atom is 0.0934 e. The molecular weight excluding hydrogens is 273 g/mol. The number of hydrogen-bond donors (Lipinski definition) is 0. The fourth-order valence-electron chi connectivity index (χ4n) is 1.54. The zero-order valence-corrected chi connectivity index (χ0v) is 12.7. The third-order valence-electron chi connectivity index (χ3n) is 2.78. The lowest BCUT2D eigenvalue weighted by molar-refractivity contribution is -0.920. The molecule has 0 fully saturated rings. The van der Waals surface area contributed by atoms with Gasteiger partial charge >= 0.3 is 0 Å². The van der Waals surface area contributed by atoms with Crippen molar-refractivity contribution in [2.24, 2.45) is 5.41 Å². The van der Waals surface area contributed by atoms with Crippen LogP contribution in [0, 0.1) is 5.41 Å². The molecule has 1 nitrogen and oxygen atoms in total. The molecule has 13 heavy (non-hydrogen) atoms. The Morgan fingerprint density at radius 1 is 0.846 bits per heavy atom. The highest BCUT2D eigenvalue weighted by Gasteiger charge is 2.36. The fourth-order valence-corrected chi connectivity index (χ4v) is 1.54. The minimum absolute atomic E-state index is 0. The molecule has 0 aliphatic rings. The number of nitrogens with zero attached hydrogens (tertiary/aromatic N) is 1. The molecular formula is C11H26IN. The van der Waals surface area contributed by atoms with Crippen LogP contribution in [-0.2, 0) is 0 Å². The SMILES string of the molecule is CC(C)(C)CC(C)(C)[N+](C)(C)C.[I-]. The van der Waals surface area contributed by atoms with Crippen LogP contribution in [0.2, 0.25) is 0 Å². The molecule has 2 heteroatoms. The van der Waals surface area contributed by atoms with Crippen LogP contribution in [0.5, 0.6) is 0 Å². The second kappa shape index (κ2) is 4.47. The molecule has 0 aromatic rings. The van der Waals surface area contributed by atoms with Gasteiger partial charge in [-0.3, -0.25) is 0 Å². The smallest absolute Gasteiger partial charge is 0.0934 e. The summed E-state index contributed by atoms with van der Waals surface area (Å²) in [6.45, 7) is 11.6. The summed E-state index contributed by atoms with van der Waals surface area (Å²) in [6.07, 6.45) is 1.25. The van der Waals surface area contributed by atoms with Crippen molar-refractivity contribution < 1.29 is 28.5 Å². The topological polar surface area (TPSA) is 0 Å². The van der Waals surface area contributed by atoms with Crippen LogP contribution in [0.25, 0.3) is 0 Å². The van der Waals surface area contributed by atoms with Crippen molar-refractivity contribution in [2.45, 2.75) is 46.6 Å². The van der Waals surface area contributed by atoms with Gasteiger partial charge in [-0.25, -0.2) is 0 Å². The second-order valence-electron chi connectivity index (χ2n) is 6.56.